The van der Waals surface area contributed by atoms with Crippen molar-refractivity contribution in [2.75, 3.05) is 93.1 Å². The summed E-state index contributed by atoms with van der Waals surface area (Å²) in [6.07, 6.45) is 8.25. The number of carboxylic acids is 1. The molecule has 4 bridgehead atoms. The van der Waals surface area contributed by atoms with Crippen LogP contribution in [0.4, 0.5) is 0 Å². The third kappa shape index (κ3) is 12.6. The standard InChI is InChI=1S/C53H66Cl2N6O10S/c1-32-43-33(2)47(55)48(46(32)54)70-40(28-61-18-16-60(3)17-19-61)30-68-39-12-13-41(36(26-39)27-42(53(62)63)71-51-45-44(43)49(34-6-5-7-34)72-52(45)58-31-57-51)69-29-37-14-15-56-50(59-37)35-8-10-38(11-9-35)67-25-24-66-23-22-65-21-20-64-4/h12-15,26,31,34-35,38,40,42H,5-11,16-25,27-30H2,1-4H3,(H,62,63)/t35?,38?,40-,42-/m1/s1. The molecule has 5 aliphatic rings. The number of rotatable bonds is 18. The van der Waals surface area contributed by atoms with Crippen LogP contribution in [0.2, 0.25) is 10.0 Å². The maximum atomic E-state index is 13.4. The first-order chi connectivity index (χ1) is 35.0. The topological polar surface area (TPSA) is 169 Å². The molecule has 2 atom stereocenters. The van der Waals surface area contributed by atoms with E-state index in [-0.39, 0.29) is 43.5 Å². The summed E-state index contributed by atoms with van der Waals surface area (Å²) in [4.78, 5) is 38.9. The van der Waals surface area contributed by atoms with Crippen molar-refractivity contribution in [3.8, 4) is 34.3 Å². The van der Waals surface area contributed by atoms with Crippen molar-refractivity contribution < 1.29 is 47.8 Å². The van der Waals surface area contributed by atoms with Gasteiger partial charge in [-0.05, 0) is 106 Å². The largest absolute Gasteiger partial charge is 0.490 e. The van der Waals surface area contributed by atoms with Gasteiger partial charge in [0, 0.05) is 74.4 Å². The van der Waals surface area contributed by atoms with Crippen molar-refractivity contribution in [1.29, 1.82) is 0 Å². The Balaban J connectivity index is 0.972. The highest BCUT2D eigenvalue weighted by Gasteiger charge is 2.35. The Bertz CT molecular complexity index is 2610. The van der Waals surface area contributed by atoms with E-state index in [0.717, 1.165) is 104 Å². The van der Waals surface area contributed by atoms with Gasteiger partial charge in [0.1, 0.15) is 47.8 Å². The first kappa shape index (κ1) is 52.4. The number of aromatic nitrogens is 4. The fraction of sp³-hybridized carbons (Fsp3) is 0.566. The Hall–Kier alpha value is -4.43. The number of likely N-dealkylation sites (N-methyl/N-ethyl adjacent to an activating group) is 1. The summed E-state index contributed by atoms with van der Waals surface area (Å²) in [6, 6.07) is 7.30. The number of methoxy groups -OCH3 is 1. The van der Waals surface area contributed by atoms with Crippen LogP contribution in [0.5, 0.6) is 23.1 Å². The Labute approximate surface area is 435 Å². The summed E-state index contributed by atoms with van der Waals surface area (Å²) in [6.45, 7) is 11.7. The predicted octanol–water partition coefficient (Wildman–Crippen LogP) is 9.10. The van der Waals surface area contributed by atoms with Gasteiger partial charge in [-0.25, -0.2) is 24.7 Å². The number of carbonyl (C=O) groups is 1. The maximum Gasteiger partial charge on any atom is 0.345 e. The molecule has 5 aromatic rings. The molecule has 2 aromatic carbocycles. The minimum atomic E-state index is -1.37. The van der Waals surface area contributed by atoms with Gasteiger partial charge in [0.05, 0.1) is 66.9 Å². The molecule has 0 spiro atoms. The van der Waals surface area contributed by atoms with Gasteiger partial charge in [0.15, 0.2) is 5.75 Å². The lowest BCUT2D eigenvalue weighted by molar-refractivity contribution is -0.145. The third-order valence-electron chi connectivity index (χ3n) is 14.3. The Morgan fingerprint density at radius 2 is 1.60 bits per heavy atom. The van der Waals surface area contributed by atoms with Crippen LogP contribution in [-0.2, 0) is 36.8 Å². The van der Waals surface area contributed by atoms with E-state index in [4.69, 9.17) is 71.1 Å². The zero-order valence-corrected chi connectivity index (χ0v) is 44.0. The number of hydrogen-bond acceptors (Lipinski definition) is 16. The van der Waals surface area contributed by atoms with Crippen LogP contribution in [0.1, 0.15) is 89.9 Å². The first-order valence-electron chi connectivity index (χ1n) is 25.2. The third-order valence-corrected chi connectivity index (χ3v) is 16.5. The Kier molecular flexibility index (Phi) is 18.0. The number of thiophene rings is 1. The van der Waals surface area contributed by atoms with Gasteiger partial charge in [-0.3, -0.25) is 4.90 Å². The number of halogens is 2. The van der Waals surface area contributed by atoms with Gasteiger partial charge in [0.2, 0.25) is 12.0 Å². The van der Waals surface area contributed by atoms with Gasteiger partial charge in [-0.1, -0.05) is 29.6 Å². The fourth-order valence-electron chi connectivity index (χ4n) is 9.96. The number of aliphatic carboxylic acids is 1. The van der Waals surface area contributed by atoms with Crippen molar-refractivity contribution in [3.05, 3.63) is 79.9 Å². The second-order valence-electron chi connectivity index (χ2n) is 19.2. The van der Waals surface area contributed by atoms with Crippen molar-refractivity contribution >= 4 is 50.7 Å². The number of ether oxygens (including phenoxy) is 8. The number of hydrogen-bond donors (Lipinski definition) is 1. The molecule has 3 fully saturated rings. The molecule has 1 saturated heterocycles. The molecular formula is C53H66Cl2N6O10S. The highest BCUT2D eigenvalue weighted by molar-refractivity contribution is 7.19. The predicted molar refractivity (Wildman–Crippen MR) is 276 cm³/mol. The van der Waals surface area contributed by atoms with Crippen LogP contribution < -0.4 is 18.9 Å². The van der Waals surface area contributed by atoms with Crippen molar-refractivity contribution in [1.82, 2.24) is 29.7 Å². The summed E-state index contributed by atoms with van der Waals surface area (Å²) in [5, 5.41) is 12.4. The highest BCUT2D eigenvalue weighted by atomic mass is 35.5. The second kappa shape index (κ2) is 24.7. The monoisotopic (exact) mass is 1050 g/mol. The molecule has 0 radical (unpaired) electrons. The van der Waals surface area contributed by atoms with E-state index in [0.29, 0.717) is 95.0 Å². The van der Waals surface area contributed by atoms with Crippen molar-refractivity contribution in [2.45, 2.75) is 102 Å². The average Bonchev–Trinajstić information content (AvgIpc) is 3.74. The van der Waals surface area contributed by atoms with Crippen LogP contribution >= 0.6 is 34.5 Å². The number of carboxylic acid groups (broad SMARTS) is 1. The lowest BCUT2D eigenvalue weighted by atomic mass is 9.80. The smallest absolute Gasteiger partial charge is 0.345 e. The van der Waals surface area contributed by atoms with E-state index < -0.39 is 18.2 Å². The van der Waals surface area contributed by atoms with Crippen molar-refractivity contribution in [2.24, 2.45) is 0 Å². The molecule has 16 nitrogen and oxygen atoms in total. The van der Waals surface area contributed by atoms with Gasteiger partial charge in [-0.15, -0.1) is 11.3 Å². The molecule has 1 N–H and O–H groups in total. The molecule has 72 heavy (non-hydrogen) atoms. The van der Waals surface area contributed by atoms with E-state index in [1.165, 1.54) is 6.33 Å². The van der Waals surface area contributed by atoms with Crippen LogP contribution in [-0.4, -0.2) is 152 Å². The lowest BCUT2D eigenvalue weighted by Gasteiger charge is -2.35. The molecule has 2 aliphatic carbocycles. The van der Waals surface area contributed by atoms with Crippen molar-refractivity contribution in [3.63, 3.8) is 0 Å². The van der Waals surface area contributed by atoms with Gasteiger partial charge in [-0.2, -0.15) is 0 Å². The Morgan fingerprint density at radius 3 is 2.31 bits per heavy atom. The van der Waals surface area contributed by atoms with Crippen LogP contribution in [0.3, 0.4) is 0 Å². The highest BCUT2D eigenvalue weighted by Crippen LogP contribution is 2.54. The molecular weight excluding hydrogens is 984 g/mol. The summed E-state index contributed by atoms with van der Waals surface area (Å²) in [5.41, 5.74) is 4.58. The maximum absolute atomic E-state index is 13.4. The van der Waals surface area contributed by atoms with Gasteiger partial charge < -0.3 is 47.9 Å². The second-order valence-corrected chi connectivity index (χ2v) is 21.0. The molecule has 388 valence electrons. The molecule has 3 aromatic heterocycles. The number of benzene rings is 2. The SMILES string of the molecule is COCCOCCOCCOC1CCC(c2nccc(COc3ccc4cc3C[C@H](C(=O)O)Oc3ncnc5sc(C6CCC6)c(c35)-c3c(C)c(Cl)c(c(Cl)c3C)O[C@H](CN3CCN(C)CC3)CO4)n2)CC1. The molecule has 19 heteroatoms. The lowest BCUT2D eigenvalue weighted by Crippen LogP contribution is -2.49. The normalized spacial score (nSPS) is 21.1. The molecule has 2 saturated carbocycles. The molecule has 3 aliphatic heterocycles. The quantitative estimate of drug-likeness (QED) is 0.0824. The molecule has 0 unspecified atom stereocenters. The minimum absolute atomic E-state index is 0.0662. The number of fused-ring (bicyclic) bond motifs is 7. The zero-order chi connectivity index (χ0) is 50.1. The van der Waals surface area contributed by atoms with E-state index in [1.807, 2.05) is 38.1 Å². The van der Waals surface area contributed by atoms with Crippen LogP contribution in [0.15, 0.2) is 36.8 Å². The number of nitrogens with zero attached hydrogens (tertiary/aromatic N) is 6. The molecule has 0 amide bonds. The van der Waals surface area contributed by atoms with Gasteiger partial charge in [0.25, 0.3) is 0 Å². The van der Waals surface area contributed by atoms with E-state index in [2.05, 4.69) is 26.8 Å². The van der Waals surface area contributed by atoms with E-state index in [9.17, 15) is 9.90 Å². The summed E-state index contributed by atoms with van der Waals surface area (Å²) in [5.74, 6) is 1.65. The van der Waals surface area contributed by atoms with E-state index >= 15 is 0 Å². The zero-order valence-electron chi connectivity index (χ0n) is 41.7. The van der Waals surface area contributed by atoms with Gasteiger partial charge >= 0.3 is 5.97 Å². The fourth-order valence-corrected chi connectivity index (χ4v) is 11.8. The average molecular weight is 1050 g/mol. The summed E-state index contributed by atoms with van der Waals surface area (Å²) < 4.78 is 48.8. The minimum Gasteiger partial charge on any atom is -0.490 e. The van der Waals surface area contributed by atoms with E-state index in [1.54, 1.807) is 24.6 Å². The summed E-state index contributed by atoms with van der Waals surface area (Å²) in [7, 11) is 3.78. The summed E-state index contributed by atoms with van der Waals surface area (Å²) >= 11 is 16.3. The first-order valence-corrected chi connectivity index (χ1v) is 26.8. The molecule has 6 heterocycles. The Morgan fingerprint density at radius 1 is 0.861 bits per heavy atom. The van der Waals surface area contributed by atoms with Crippen LogP contribution in [0.25, 0.3) is 21.3 Å². The molecule has 10 rings (SSSR count). The number of piperazine rings is 1. The van der Waals surface area contributed by atoms with Crippen LogP contribution in [0, 0.1) is 13.8 Å².